The number of hydrogen-bond acceptors (Lipinski definition) is 6. The molecule has 0 spiro atoms. The maximum atomic E-state index is 13.0. The second kappa shape index (κ2) is 9.09. The van der Waals surface area contributed by atoms with Crippen LogP contribution >= 0.6 is 0 Å². The van der Waals surface area contributed by atoms with E-state index in [9.17, 15) is 9.59 Å². The van der Waals surface area contributed by atoms with E-state index in [2.05, 4.69) is 55.2 Å². The third-order valence-electron chi connectivity index (χ3n) is 9.21. The highest BCUT2D eigenvalue weighted by Crippen LogP contribution is 2.62. The van der Waals surface area contributed by atoms with E-state index < -0.39 is 0 Å². The molecule has 0 radical (unpaired) electrons. The molecule has 6 nitrogen and oxygen atoms in total. The highest BCUT2D eigenvalue weighted by molar-refractivity contribution is 6.00. The van der Waals surface area contributed by atoms with Crippen LogP contribution in [0.25, 0.3) is 10.8 Å². The summed E-state index contributed by atoms with van der Waals surface area (Å²) in [5, 5.41) is 2.25. The summed E-state index contributed by atoms with van der Waals surface area (Å²) in [5.41, 5.74) is 3.11. The number of Topliss-reactive ketones (excluding diaryl/α,β-unsaturated/α-hetero) is 1. The topological polar surface area (TPSA) is 68.7 Å². The van der Waals surface area contributed by atoms with E-state index in [0.717, 1.165) is 54.3 Å². The molecule has 1 aromatic carbocycles. The molecule has 2 saturated carbocycles. The smallest absolute Gasteiger partial charge is 0.302 e. The van der Waals surface area contributed by atoms with Gasteiger partial charge in [-0.05, 0) is 79.4 Å². The van der Waals surface area contributed by atoms with Crippen LogP contribution in [-0.2, 0) is 19.1 Å². The number of ether oxygens (including phenoxy) is 2. The fourth-order valence-corrected chi connectivity index (χ4v) is 7.70. The van der Waals surface area contributed by atoms with Gasteiger partial charge in [-0.2, -0.15) is 0 Å². The van der Waals surface area contributed by atoms with Gasteiger partial charge in [-0.1, -0.05) is 19.1 Å². The SMILES string of the molecule is CC(=O)O[C@@H]1CC2[C@@H]3OC4=C(C=C3CC[C@]2(C)[C@H]1c1ccc2ccncc2c1)C(=O)CC(CN(C)C)C4. The van der Waals surface area contributed by atoms with Crippen LogP contribution in [0.15, 0.2) is 59.6 Å². The molecule has 0 amide bonds. The Morgan fingerprint density at radius 3 is 2.84 bits per heavy atom. The monoisotopic (exact) mass is 500 g/mol. The lowest BCUT2D eigenvalue weighted by atomic mass is 9.61. The number of aromatic nitrogens is 1. The minimum absolute atomic E-state index is 0.0704. The molecule has 2 unspecified atom stereocenters. The first-order chi connectivity index (χ1) is 17.7. The fourth-order valence-electron chi connectivity index (χ4n) is 7.70. The summed E-state index contributed by atoms with van der Waals surface area (Å²) >= 11 is 0. The zero-order valence-corrected chi connectivity index (χ0v) is 22.2. The van der Waals surface area contributed by atoms with Crippen LogP contribution in [0.3, 0.4) is 0 Å². The third kappa shape index (κ3) is 4.19. The van der Waals surface area contributed by atoms with E-state index in [0.29, 0.717) is 6.42 Å². The largest absolute Gasteiger partial charge is 0.489 e. The summed E-state index contributed by atoms with van der Waals surface area (Å²) in [6.45, 7) is 4.73. The number of hydrogen-bond donors (Lipinski definition) is 0. The minimum atomic E-state index is -0.241. The van der Waals surface area contributed by atoms with Crippen molar-refractivity contribution in [2.45, 2.75) is 64.1 Å². The van der Waals surface area contributed by atoms with Crippen molar-refractivity contribution in [3.63, 3.8) is 0 Å². The van der Waals surface area contributed by atoms with Gasteiger partial charge in [0.05, 0.1) is 5.57 Å². The number of carbonyl (C=O) groups is 2. The van der Waals surface area contributed by atoms with E-state index in [1.807, 2.05) is 18.5 Å². The predicted octanol–water partition coefficient (Wildman–Crippen LogP) is 5.19. The van der Waals surface area contributed by atoms with Crippen LogP contribution < -0.4 is 0 Å². The molecule has 37 heavy (non-hydrogen) atoms. The number of benzene rings is 1. The first-order valence-electron chi connectivity index (χ1n) is 13.5. The van der Waals surface area contributed by atoms with Gasteiger partial charge >= 0.3 is 5.97 Å². The van der Waals surface area contributed by atoms with Crippen molar-refractivity contribution >= 4 is 22.5 Å². The Labute approximate surface area is 218 Å². The van der Waals surface area contributed by atoms with Gasteiger partial charge in [0, 0.05) is 55.9 Å². The van der Waals surface area contributed by atoms with Crippen molar-refractivity contribution in [1.29, 1.82) is 0 Å². The Morgan fingerprint density at radius 1 is 1.22 bits per heavy atom. The molecule has 194 valence electrons. The molecular formula is C31H36N2O4. The number of esters is 1. The first-order valence-corrected chi connectivity index (χ1v) is 13.5. The molecule has 0 bridgehead atoms. The quantitative estimate of drug-likeness (QED) is 0.538. The highest BCUT2D eigenvalue weighted by Gasteiger charge is 2.60. The Bertz CT molecular complexity index is 1330. The van der Waals surface area contributed by atoms with E-state index in [1.54, 1.807) is 0 Å². The van der Waals surface area contributed by atoms with Gasteiger partial charge in [-0.3, -0.25) is 14.6 Å². The Morgan fingerprint density at radius 2 is 2.05 bits per heavy atom. The zero-order valence-electron chi connectivity index (χ0n) is 22.2. The lowest BCUT2D eigenvalue weighted by Gasteiger charge is -2.48. The number of carbonyl (C=O) groups excluding carboxylic acids is 2. The van der Waals surface area contributed by atoms with Crippen molar-refractivity contribution in [2.24, 2.45) is 17.3 Å². The summed E-state index contributed by atoms with van der Waals surface area (Å²) in [6, 6.07) is 8.58. The highest BCUT2D eigenvalue weighted by atomic mass is 16.5. The van der Waals surface area contributed by atoms with E-state index in [-0.39, 0.29) is 47.1 Å². The minimum Gasteiger partial charge on any atom is -0.489 e. The maximum Gasteiger partial charge on any atom is 0.302 e. The molecule has 1 aromatic heterocycles. The molecule has 4 aliphatic rings. The van der Waals surface area contributed by atoms with E-state index in [4.69, 9.17) is 9.47 Å². The van der Waals surface area contributed by atoms with E-state index >= 15 is 0 Å². The van der Waals surface area contributed by atoms with Crippen LogP contribution in [0, 0.1) is 17.3 Å². The summed E-state index contributed by atoms with van der Waals surface area (Å²) in [6.07, 6.45) is 9.58. The molecule has 6 rings (SSSR count). The van der Waals surface area contributed by atoms with Crippen molar-refractivity contribution in [1.82, 2.24) is 9.88 Å². The van der Waals surface area contributed by atoms with Gasteiger partial charge in [-0.25, -0.2) is 0 Å². The maximum absolute atomic E-state index is 13.0. The summed E-state index contributed by atoms with van der Waals surface area (Å²) < 4.78 is 12.8. The lowest BCUT2D eigenvalue weighted by Crippen LogP contribution is -2.44. The standard InChI is InChI=1S/C31H36N2O4/c1-18(34)36-28-15-25-30-22(14-24-26(35)11-19(17-33(3)4)12-27(24)37-30)7-9-31(25,2)29(28)21-6-5-20-8-10-32-16-23(20)13-21/h5-6,8,10,13-14,16,19,25,28-30H,7,9,11-12,15,17H2,1-4H3/t19?,25?,28-,29+,30-,31+/m1/s1. The van der Waals surface area contributed by atoms with Gasteiger partial charge in [0.15, 0.2) is 5.78 Å². The van der Waals surface area contributed by atoms with Gasteiger partial charge in [0.25, 0.3) is 0 Å². The van der Waals surface area contributed by atoms with Crippen LogP contribution in [0.1, 0.15) is 57.4 Å². The van der Waals surface area contributed by atoms with Crippen LogP contribution in [-0.4, -0.2) is 54.5 Å². The van der Waals surface area contributed by atoms with E-state index in [1.165, 1.54) is 18.1 Å². The normalized spacial score (nSPS) is 32.9. The number of rotatable bonds is 4. The predicted molar refractivity (Wildman–Crippen MR) is 142 cm³/mol. The molecular weight excluding hydrogens is 464 g/mol. The van der Waals surface area contributed by atoms with Crippen LogP contribution in [0.5, 0.6) is 0 Å². The third-order valence-corrected chi connectivity index (χ3v) is 9.21. The van der Waals surface area contributed by atoms with Crippen molar-refractivity contribution < 1.29 is 19.1 Å². The summed E-state index contributed by atoms with van der Waals surface area (Å²) in [4.78, 5) is 31.7. The van der Waals surface area contributed by atoms with Crippen molar-refractivity contribution in [3.05, 3.63) is 65.2 Å². The number of allylic oxidation sites excluding steroid dienone is 3. The average Bonchev–Trinajstić information content (AvgIpc) is 3.14. The van der Waals surface area contributed by atoms with Gasteiger partial charge in [0.2, 0.25) is 0 Å². The van der Waals surface area contributed by atoms with Crippen LogP contribution in [0.4, 0.5) is 0 Å². The second-order valence-corrected chi connectivity index (χ2v) is 12.0. The number of ketones is 1. The zero-order chi connectivity index (χ0) is 25.9. The second-order valence-electron chi connectivity index (χ2n) is 12.0. The average molecular weight is 501 g/mol. The van der Waals surface area contributed by atoms with Crippen molar-refractivity contribution in [3.8, 4) is 0 Å². The van der Waals surface area contributed by atoms with Crippen LogP contribution in [0.2, 0.25) is 0 Å². The lowest BCUT2D eigenvalue weighted by molar-refractivity contribution is -0.147. The Balaban J connectivity index is 1.35. The van der Waals surface area contributed by atoms with Gasteiger partial charge < -0.3 is 14.4 Å². The Kier molecular flexibility index (Phi) is 5.98. The Hall–Kier alpha value is -2.99. The molecule has 1 aliphatic heterocycles. The molecule has 0 saturated heterocycles. The fraction of sp³-hybridized carbons (Fsp3) is 0.516. The van der Waals surface area contributed by atoms with Gasteiger partial charge in [-0.15, -0.1) is 0 Å². The van der Waals surface area contributed by atoms with Crippen molar-refractivity contribution in [2.75, 3.05) is 20.6 Å². The number of fused-ring (bicyclic) bond motifs is 4. The summed E-state index contributed by atoms with van der Waals surface area (Å²) in [7, 11) is 4.11. The number of pyridine rings is 1. The van der Waals surface area contributed by atoms with Gasteiger partial charge in [0.1, 0.15) is 18.0 Å². The molecule has 2 fully saturated rings. The molecule has 0 N–H and O–H groups in total. The summed E-state index contributed by atoms with van der Waals surface area (Å²) in [5.74, 6) is 1.38. The molecule has 6 heteroatoms. The first kappa shape index (κ1) is 24.4. The number of nitrogens with zero attached hydrogens (tertiary/aromatic N) is 2. The molecule has 2 aromatic rings. The molecule has 6 atom stereocenters. The molecule has 2 heterocycles. The molecule has 3 aliphatic carbocycles.